The highest BCUT2D eigenvalue weighted by molar-refractivity contribution is 6.00. The van der Waals surface area contributed by atoms with E-state index in [0.29, 0.717) is 43.0 Å². The molecule has 264 valence electrons. The molecule has 0 spiro atoms. The van der Waals surface area contributed by atoms with Gasteiger partial charge in [0.1, 0.15) is 6.04 Å². The zero-order valence-corrected chi connectivity index (χ0v) is 29.7. The monoisotopic (exact) mass is 678 g/mol. The predicted octanol–water partition coefficient (Wildman–Crippen LogP) is 4.79. The molecule has 0 aromatic heterocycles. The van der Waals surface area contributed by atoms with Crippen molar-refractivity contribution in [2.24, 2.45) is 16.8 Å². The number of nitrogens with zero attached hydrogens (tertiary/aromatic N) is 3. The average Bonchev–Trinajstić information content (AvgIpc) is 3.14. The van der Waals surface area contributed by atoms with E-state index in [2.05, 4.69) is 32.9 Å². The van der Waals surface area contributed by atoms with Crippen molar-refractivity contribution in [2.75, 3.05) is 52.1 Å². The van der Waals surface area contributed by atoms with E-state index < -0.39 is 6.04 Å². The van der Waals surface area contributed by atoms with Crippen LogP contribution in [0.4, 0.5) is 5.69 Å². The van der Waals surface area contributed by atoms with E-state index >= 15 is 0 Å². The molecule has 1 atom stereocenters. The normalized spacial score (nSPS) is 19.0. The highest BCUT2D eigenvalue weighted by Crippen LogP contribution is 2.29. The van der Waals surface area contributed by atoms with Crippen molar-refractivity contribution in [3.63, 3.8) is 0 Å². The van der Waals surface area contributed by atoms with E-state index in [4.69, 9.17) is 0 Å². The van der Waals surface area contributed by atoms with Crippen LogP contribution in [0.3, 0.4) is 0 Å². The van der Waals surface area contributed by atoms with Crippen LogP contribution in [0.5, 0.6) is 0 Å². The van der Waals surface area contributed by atoms with Crippen LogP contribution in [0, 0.1) is 11.8 Å². The lowest BCUT2D eigenvalue weighted by molar-refractivity contribution is -0.130. The van der Waals surface area contributed by atoms with Gasteiger partial charge >= 0.3 is 0 Å². The Bertz CT molecular complexity index is 1670. The number of carbonyl (C=O) groups is 4. The third-order valence-corrected chi connectivity index (χ3v) is 10.0. The highest BCUT2D eigenvalue weighted by Gasteiger charge is 2.30. The molecule has 1 heterocycles. The first-order valence-corrected chi connectivity index (χ1v) is 17.7. The maximum Gasteiger partial charge on any atom is 0.253 e. The SMILES string of the molecule is CN=C(C)c1ccc(NC(=O)[C@H](Cc2cccc(-c3ccc(C(=O)N4CCN(C)CC4)cc3)c2)NC(=O)C2CCC(CNC(C)=O)CC2)cc1. The number of nitrogens with one attached hydrogen (secondary N) is 3. The van der Waals surface area contributed by atoms with Crippen molar-refractivity contribution >= 4 is 35.0 Å². The van der Waals surface area contributed by atoms with Gasteiger partial charge in [0.2, 0.25) is 17.7 Å². The maximum absolute atomic E-state index is 13.8. The minimum atomic E-state index is -0.794. The second kappa shape index (κ2) is 17.2. The molecule has 10 heteroatoms. The summed E-state index contributed by atoms with van der Waals surface area (Å²) in [5.41, 5.74) is 6.02. The topological polar surface area (TPSA) is 123 Å². The molecule has 1 aliphatic heterocycles. The third kappa shape index (κ3) is 9.88. The first-order valence-electron chi connectivity index (χ1n) is 17.7. The summed E-state index contributed by atoms with van der Waals surface area (Å²) < 4.78 is 0. The fourth-order valence-electron chi connectivity index (χ4n) is 6.68. The number of anilines is 1. The van der Waals surface area contributed by atoms with Gasteiger partial charge in [-0.15, -0.1) is 0 Å². The molecule has 1 saturated heterocycles. The fourth-order valence-corrected chi connectivity index (χ4v) is 6.68. The molecular formula is C40H50N6O4. The fraction of sp³-hybridized carbons (Fsp3) is 0.425. The molecule has 2 aliphatic rings. The zero-order chi connectivity index (χ0) is 35.6. The largest absolute Gasteiger partial charge is 0.356 e. The minimum Gasteiger partial charge on any atom is -0.356 e. The molecule has 0 unspecified atom stereocenters. The Kier molecular flexibility index (Phi) is 12.5. The lowest BCUT2D eigenvalue weighted by Crippen LogP contribution is -2.48. The molecule has 10 nitrogen and oxygen atoms in total. The van der Waals surface area contributed by atoms with E-state index in [0.717, 1.165) is 67.0 Å². The summed E-state index contributed by atoms with van der Waals surface area (Å²) in [6, 6.07) is 22.4. The van der Waals surface area contributed by atoms with E-state index in [1.807, 2.05) is 84.6 Å². The Hall–Kier alpha value is -4.83. The first-order chi connectivity index (χ1) is 24.1. The summed E-state index contributed by atoms with van der Waals surface area (Å²) in [6.45, 7) is 7.27. The van der Waals surface area contributed by atoms with Crippen LogP contribution in [0.15, 0.2) is 77.8 Å². The highest BCUT2D eigenvalue weighted by atomic mass is 16.2. The van der Waals surface area contributed by atoms with Crippen LogP contribution in [0.2, 0.25) is 0 Å². The summed E-state index contributed by atoms with van der Waals surface area (Å²) in [5, 5.41) is 8.99. The van der Waals surface area contributed by atoms with Gasteiger partial charge in [0, 0.05) is 76.0 Å². The van der Waals surface area contributed by atoms with Crippen molar-refractivity contribution in [1.29, 1.82) is 0 Å². The van der Waals surface area contributed by atoms with E-state index in [-0.39, 0.29) is 29.5 Å². The predicted molar refractivity (Wildman–Crippen MR) is 198 cm³/mol. The number of piperazine rings is 1. The van der Waals surface area contributed by atoms with Gasteiger partial charge in [-0.3, -0.25) is 24.2 Å². The van der Waals surface area contributed by atoms with Gasteiger partial charge in [-0.25, -0.2) is 0 Å². The smallest absolute Gasteiger partial charge is 0.253 e. The van der Waals surface area contributed by atoms with Crippen LogP contribution in [0.25, 0.3) is 11.1 Å². The Morgan fingerprint density at radius 3 is 2.12 bits per heavy atom. The molecular weight excluding hydrogens is 628 g/mol. The van der Waals surface area contributed by atoms with Crippen LogP contribution in [-0.2, 0) is 20.8 Å². The Balaban J connectivity index is 1.29. The lowest BCUT2D eigenvalue weighted by atomic mass is 9.81. The number of hydrogen-bond donors (Lipinski definition) is 3. The number of benzene rings is 3. The van der Waals surface area contributed by atoms with Gasteiger partial charge in [0.15, 0.2) is 0 Å². The van der Waals surface area contributed by atoms with Gasteiger partial charge in [-0.05, 0) is 92.1 Å². The quantitative estimate of drug-likeness (QED) is 0.252. The molecule has 4 amide bonds. The first kappa shape index (κ1) is 36.5. The maximum atomic E-state index is 13.8. The molecule has 5 rings (SSSR count). The van der Waals surface area contributed by atoms with Gasteiger partial charge < -0.3 is 25.8 Å². The number of rotatable bonds is 11. The van der Waals surface area contributed by atoms with Gasteiger partial charge in [0.25, 0.3) is 5.91 Å². The van der Waals surface area contributed by atoms with Gasteiger partial charge in [-0.2, -0.15) is 0 Å². The molecule has 1 aliphatic carbocycles. The van der Waals surface area contributed by atoms with Gasteiger partial charge in [-0.1, -0.05) is 48.5 Å². The number of likely N-dealkylation sites (N-methyl/N-ethyl adjacent to an activating group) is 1. The summed E-state index contributed by atoms with van der Waals surface area (Å²) in [7, 11) is 3.81. The second-order valence-electron chi connectivity index (χ2n) is 13.7. The summed E-state index contributed by atoms with van der Waals surface area (Å²) in [6.07, 6.45) is 3.44. The van der Waals surface area contributed by atoms with E-state index in [1.165, 1.54) is 6.92 Å². The summed E-state index contributed by atoms with van der Waals surface area (Å²) in [4.78, 5) is 60.2. The van der Waals surface area contributed by atoms with Crippen molar-refractivity contribution in [1.82, 2.24) is 20.4 Å². The Labute approximate surface area is 295 Å². The Morgan fingerprint density at radius 2 is 1.48 bits per heavy atom. The molecule has 50 heavy (non-hydrogen) atoms. The molecule has 3 aromatic carbocycles. The van der Waals surface area contributed by atoms with Crippen LogP contribution >= 0.6 is 0 Å². The van der Waals surface area contributed by atoms with Crippen molar-refractivity contribution in [3.8, 4) is 11.1 Å². The van der Waals surface area contributed by atoms with Gasteiger partial charge in [0.05, 0.1) is 0 Å². The van der Waals surface area contributed by atoms with Crippen LogP contribution in [-0.4, -0.2) is 92.0 Å². The molecule has 1 saturated carbocycles. The Morgan fingerprint density at radius 1 is 0.820 bits per heavy atom. The van der Waals surface area contributed by atoms with Crippen LogP contribution in [0.1, 0.15) is 61.0 Å². The lowest BCUT2D eigenvalue weighted by Gasteiger charge is -2.32. The number of carbonyl (C=O) groups excluding carboxylic acids is 4. The average molecular weight is 679 g/mol. The van der Waals surface area contributed by atoms with Crippen LogP contribution < -0.4 is 16.0 Å². The number of amides is 4. The van der Waals surface area contributed by atoms with Crippen molar-refractivity contribution < 1.29 is 19.2 Å². The van der Waals surface area contributed by atoms with Crippen molar-refractivity contribution in [3.05, 3.63) is 89.5 Å². The summed E-state index contributed by atoms with van der Waals surface area (Å²) >= 11 is 0. The third-order valence-electron chi connectivity index (χ3n) is 10.0. The van der Waals surface area contributed by atoms with Crippen molar-refractivity contribution in [2.45, 2.75) is 52.0 Å². The van der Waals surface area contributed by atoms with E-state index in [1.54, 1.807) is 7.05 Å². The minimum absolute atomic E-state index is 0.0422. The van der Waals surface area contributed by atoms with E-state index in [9.17, 15) is 19.2 Å². The standard InChI is InChI=1S/C40H50N6O4/c1-27(41-3)31-16-18-36(19-17-31)43-39(49)37(44-38(48)33-10-8-29(9-11-33)26-42-28(2)47)25-30-6-5-7-35(24-30)32-12-14-34(15-13-32)40(50)46-22-20-45(4)21-23-46/h5-7,12-19,24,29,33,37H,8-11,20-23,25-26H2,1-4H3,(H,42,47)(H,43,49)(H,44,48)/t29?,33?,37-/m0/s1. The number of hydrogen-bond acceptors (Lipinski definition) is 6. The summed E-state index contributed by atoms with van der Waals surface area (Å²) in [5.74, 6) is -0.235. The number of aliphatic imine (C=N–C) groups is 1. The molecule has 3 aromatic rings. The zero-order valence-electron chi connectivity index (χ0n) is 29.7. The second-order valence-corrected chi connectivity index (χ2v) is 13.7. The molecule has 3 N–H and O–H groups in total. The molecule has 0 radical (unpaired) electrons. The molecule has 2 fully saturated rings. The molecule has 0 bridgehead atoms.